The molecule has 0 aromatic heterocycles. The summed E-state index contributed by atoms with van der Waals surface area (Å²) < 4.78 is 5.34. The van der Waals surface area contributed by atoms with Gasteiger partial charge in [0.15, 0.2) is 0 Å². The highest BCUT2D eigenvalue weighted by Gasteiger charge is 2.35. The Hall–Kier alpha value is -0.650. The minimum atomic E-state index is -0.344. The summed E-state index contributed by atoms with van der Waals surface area (Å²) in [5.74, 6) is 0.166. The second kappa shape index (κ2) is 6.68. The lowest BCUT2D eigenvalue weighted by Gasteiger charge is -2.40. The van der Waals surface area contributed by atoms with Gasteiger partial charge in [-0.2, -0.15) is 0 Å². The van der Waals surface area contributed by atoms with Crippen LogP contribution in [0.3, 0.4) is 0 Å². The van der Waals surface area contributed by atoms with E-state index in [1.807, 2.05) is 11.8 Å². The Bertz CT molecular complexity index is 297. The molecule has 0 aromatic carbocycles. The van der Waals surface area contributed by atoms with E-state index in [0.29, 0.717) is 13.2 Å². The van der Waals surface area contributed by atoms with Crippen molar-refractivity contribution >= 4 is 5.91 Å². The zero-order valence-electron chi connectivity index (χ0n) is 11.9. The molecule has 0 aliphatic carbocycles. The maximum absolute atomic E-state index is 12.4. The van der Waals surface area contributed by atoms with Crippen LogP contribution in [0, 0.1) is 0 Å². The molecule has 110 valence electrons. The maximum atomic E-state index is 12.4. The molecule has 1 unspecified atom stereocenters. The van der Waals surface area contributed by atoms with Crippen molar-refractivity contribution in [3.05, 3.63) is 0 Å². The van der Waals surface area contributed by atoms with E-state index < -0.39 is 0 Å². The topological polar surface area (TPSA) is 61.8 Å². The van der Waals surface area contributed by atoms with Gasteiger partial charge in [-0.15, -0.1) is 0 Å². The summed E-state index contributed by atoms with van der Waals surface area (Å²) >= 11 is 0. The molecule has 2 aliphatic heterocycles. The summed E-state index contributed by atoms with van der Waals surface area (Å²) in [5.41, 5.74) is -0.344. The zero-order valence-corrected chi connectivity index (χ0v) is 11.9. The highest BCUT2D eigenvalue weighted by Crippen LogP contribution is 2.21. The lowest BCUT2D eigenvalue weighted by Crippen LogP contribution is -2.59. The van der Waals surface area contributed by atoms with E-state index >= 15 is 0 Å². The number of hydrogen-bond donors (Lipinski definition) is 2. The third-order valence-electron chi connectivity index (χ3n) is 4.31. The molecule has 19 heavy (non-hydrogen) atoms. The van der Waals surface area contributed by atoms with Crippen LogP contribution in [0.25, 0.3) is 0 Å². The Morgan fingerprint density at radius 2 is 1.95 bits per heavy atom. The van der Waals surface area contributed by atoms with E-state index in [-0.39, 0.29) is 24.1 Å². The van der Waals surface area contributed by atoms with Crippen molar-refractivity contribution in [1.29, 1.82) is 0 Å². The normalized spacial score (nSPS) is 25.1. The molecule has 0 saturated carbocycles. The molecular formula is C14H26N2O3. The van der Waals surface area contributed by atoms with Gasteiger partial charge in [0.2, 0.25) is 5.91 Å². The van der Waals surface area contributed by atoms with Crippen molar-refractivity contribution in [2.75, 3.05) is 32.9 Å². The minimum absolute atomic E-state index is 0.0635. The number of rotatable bonds is 4. The van der Waals surface area contributed by atoms with E-state index in [9.17, 15) is 9.90 Å². The van der Waals surface area contributed by atoms with Crippen LogP contribution in [-0.4, -0.2) is 60.4 Å². The lowest BCUT2D eigenvalue weighted by atomic mass is 9.90. The molecular weight excluding hydrogens is 244 g/mol. The Kier molecular flexibility index (Phi) is 5.19. The number of nitrogens with zero attached hydrogens (tertiary/aromatic N) is 1. The standard InChI is InChI=1S/C14H26N2O3/c1-12(13(18)16-7-3-2-4-8-16)15-14(11-17)5-9-19-10-6-14/h12,15,17H,2-11H2,1H3. The van der Waals surface area contributed by atoms with Gasteiger partial charge in [0.1, 0.15) is 0 Å². The van der Waals surface area contributed by atoms with Crippen LogP contribution >= 0.6 is 0 Å². The molecule has 2 saturated heterocycles. The molecule has 1 amide bonds. The van der Waals surface area contributed by atoms with Crippen LogP contribution in [0.2, 0.25) is 0 Å². The molecule has 0 radical (unpaired) electrons. The fourth-order valence-electron chi connectivity index (χ4n) is 3.02. The number of aliphatic hydroxyl groups is 1. The number of aliphatic hydroxyl groups excluding tert-OH is 1. The average Bonchev–Trinajstić information content (AvgIpc) is 2.48. The first kappa shape index (κ1) is 14.8. The molecule has 0 bridgehead atoms. The average molecular weight is 270 g/mol. The van der Waals surface area contributed by atoms with Gasteiger partial charge in [0, 0.05) is 31.8 Å². The third kappa shape index (κ3) is 3.68. The van der Waals surface area contributed by atoms with Crippen molar-refractivity contribution in [1.82, 2.24) is 10.2 Å². The zero-order chi connectivity index (χ0) is 13.7. The molecule has 0 spiro atoms. The number of carbonyl (C=O) groups excluding carboxylic acids is 1. The Morgan fingerprint density at radius 1 is 1.32 bits per heavy atom. The molecule has 2 heterocycles. The van der Waals surface area contributed by atoms with Gasteiger partial charge in [0.05, 0.1) is 12.6 Å². The first-order valence-electron chi connectivity index (χ1n) is 7.42. The van der Waals surface area contributed by atoms with Crippen molar-refractivity contribution in [3.63, 3.8) is 0 Å². The fraction of sp³-hybridized carbons (Fsp3) is 0.929. The number of amides is 1. The van der Waals surface area contributed by atoms with Crippen LogP contribution in [0.15, 0.2) is 0 Å². The predicted octanol–water partition coefficient (Wildman–Crippen LogP) is 0.518. The van der Waals surface area contributed by atoms with E-state index in [1.165, 1.54) is 6.42 Å². The van der Waals surface area contributed by atoms with Crippen LogP contribution in [-0.2, 0) is 9.53 Å². The SMILES string of the molecule is CC(NC1(CO)CCOCC1)C(=O)N1CCCCC1. The summed E-state index contributed by atoms with van der Waals surface area (Å²) in [6, 6.07) is -0.233. The largest absolute Gasteiger partial charge is 0.394 e. The van der Waals surface area contributed by atoms with Gasteiger partial charge in [-0.25, -0.2) is 0 Å². The highest BCUT2D eigenvalue weighted by molar-refractivity contribution is 5.81. The van der Waals surface area contributed by atoms with Crippen molar-refractivity contribution in [2.45, 2.75) is 50.6 Å². The third-order valence-corrected chi connectivity index (χ3v) is 4.31. The molecule has 2 aliphatic rings. The van der Waals surface area contributed by atoms with Crippen LogP contribution < -0.4 is 5.32 Å². The molecule has 2 rings (SSSR count). The fourth-order valence-corrected chi connectivity index (χ4v) is 3.02. The van der Waals surface area contributed by atoms with Crippen molar-refractivity contribution in [3.8, 4) is 0 Å². The number of hydrogen-bond acceptors (Lipinski definition) is 4. The van der Waals surface area contributed by atoms with Crippen LogP contribution in [0.4, 0.5) is 0 Å². The van der Waals surface area contributed by atoms with Gasteiger partial charge in [-0.05, 0) is 39.0 Å². The molecule has 5 heteroatoms. The minimum Gasteiger partial charge on any atom is -0.394 e. The number of likely N-dealkylation sites (tertiary alicyclic amines) is 1. The van der Waals surface area contributed by atoms with Gasteiger partial charge in [-0.3, -0.25) is 10.1 Å². The van der Waals surface area contributed by atoms with Gasteiger partial charge in [-0.1, -0.05) is 0 Å². The molecule has 5 nitrogen and oxygen atoms in total. The van der Waals surface area contributed by atoms with E-state index in [2.05, 4.69) is 5.32 Å². The smallest absolute Gasteiger partial charge is 0.239 e. The number of piperidine rings is 1. The second-order valence-electron chi connectivity index (χ2n) is 5.80. The molecule has 1 atom stereocenters. The number of nitrogens with one attached hydrogen (secondary N) is 1. The summed E-state index contributed by atoms with van der Waals surface area (Å²) in [6.45, 7) is 5.02. The molecule has 2 fully saturated rings. The Labute approximate surface area is 115 Å². The maximum Gasteiger partial charge on any atom is 0.239 e. The lowest BCUT2D eigenvalue weighted by molar-refractivity contribution is -0.135. The van der Waals surface area contributed by atoms with Crippen LogP contribution in [0.1, 0.15) is 39.0 Å². The summed E-state index contributed by atoms with van der Waals surface area (Å²) in [4.78, 5) is 14.3. The van der Waals surface area contributed by atoms with E-state index in [4.69, 9.17) is 4.74 Å². The second-order valence-corrected chi connectivity index (χ2v) is 5.80. The van der Waals surface area contributed by atoms with E-state index in [1.54, 1.807) is 0 Å². The van der Waals surface area contributed by atoms with Gasteiger partial charge >= 0.3 is 0 Å². The first-order chi connectivity index (χ1) is 9.17. The quantitative estimate of drug-likeness (QED) is 0.782. The Balaban J connectivity index is 1.90. The molecule has 0 aromatic rings. The Morgan fingerprint density at radius 3 is 2.53 bits per heavy atom. The number of ether oxygens (including phenoxy) is 1. The van der Waals surface area contributed by atoms with Gasteiger partial charge in [0.25, 0.3) is 0 Å². The first-order valence-corrected chi connectivity index (χ1v) is 7.42. The summed E-state index contributed by atoms with van der Waals surface area (Å²) in [6.07, 6.45) is 4.97. The summed E-state index contributed by atoms with van der Waals surface area (Å²) in [7, 11) is 0. The highest BCUT2D eigenvalue weighted by atomic mass is 16.5. The van der Waals surface area contributed by atoms with E-state index in [0.717, 1.165) is 38.8 Å². The van der Waals surface area contributed by atoms with Gasteiger partial charge < -0.3 is 14.7 Å². The monoisotopic (exact) mass is 270 g/mol. The number of carbonyl (C=O) groups is 1. The summed E-state index contributed by atoms with van der Waals surface area (Å²) in [5, 5.41) is 13.0. The predicted molar refractivity (Wildman–Crippen MR) is 72.9 cm³/mol. The van der Waals surface area contributed by atoms with Crippen LogP contribution in [0.5, 0.6) is 0 Å². The van der Waals surface area contributed by atoms with Crippen molar-refractivity contribution in [2.24, 2.45) is 0 Å². The van der Waals surface area contributed by atoms with Crippen molar-refractivity contribution < 1.29 is 14.6 Å². The molecule has 2 N–H and O–H groups in total.